The summed E-state index contributed by atoms with van der Waals surface area (Å²) in [7, 11) is 0. The van der Waals surface area contributed by atoms with Crippen molar-refractivity contribution < 1.29 is 23.9 Å². The summed E-state index contributed by atoms with van der Waals surface area (Å²) in [6.07, 6.45) is 4.49. The second kappa shape index (κ2) is 11.6. The van der Waals surface area contributed by atoms with E-state index in [1.54, 1.807) is 62.4 Å². The highest BCUT2D eigenvalue weighted by Gasteiger charge is 2.41. The van der Waals surface area contributed by atoms with Crippen LogP contribution in [0.3, 0.4) is 0 Å². The van der Waals surface area contributed by atoms with Gasteiger partial charge in [-0.15, -0.1) is 0 Å². The molecule has 2 N–H and O–H groups in total. The number of halogens is 1. The molecule has 194 valence electrons. The molecule has 8 nitrogen and oxygen atoms in total. The molecule has 2 aromatic carbocycles. The lowest BCUT2D eigenvalue weighted by Gasteiger charge is -2.29. The molecular formula is C28H30ClN3O5. The minimum Gasteiger partial charge on any atom is -0.459 e. The Labute approximate surface area is 221 Å². The minimum atomic E-state index is -0.456. The largest absolute Gasteiger partial charge is 0.459 e. The van der Waals surface area contributed by atoms with Gasteiger partial charge < -0.3 is 15.4 Å². The lowest BCUT2D eigenvalue weighted by Crippen LogP contribution is -2.43. The van der Waals surface area contributed by atoms with E-state index < -0.39 is 11.9 Å². The number of rotatable bonds is 8. The number of nitrogens with zero attached hydrogens (tertiary/aromatic N) is 1. The summed E-state index contributed by atoms with van der Waals surface area (Å²) in [5.41, 5.74) is 2.18. The lowest BCUT2D eigenvalue weighted by atomic mass is 9.94. The number of hydrogen-bond acceptors (Lipinski definition) is 6. The molecule has 0 spiro atoms. The Hall–Kier alpha value is -3.65. The zero-order chi connectivity index (χ0) is 26.5. The molecular weight excluding hydrogens is 494 g/mol. The number of carbonyl (C=O) groups excluding carboxylic acids is 4. The van der Waals surface area contributed by atoms with Gasteiger partial charge in [-0.25, -0.2) is 4.79 Å². The maximum atomic E-state index is 12.9. The fourth-order valence-electron chi connectivity index (χ4n) is 4.52. The fraction of sp³-hybridized carbons (Fsp3) is 0.357. The second-order valence-electron chi connectivity index (χ2n) is 9.50. The highest BCUT2D eigenvalue weighted by atomic mass is 35.5. The molecule has 1 fully saturated rings. The average Bonchev–Trinajstić information content (AvgIpc) is 3.10. The van der Waals surface area contributed by atoms with Crippen LogP contribution in [0.4, 0.5) is 5.69 Å². The van der Waals surface area contributed by atoms with Crippen molar-refractivity contribution in [2.45, 2.75) is 64.6 Å². The first-order chi connectivity index (χ1) is 17.7. The Morgan fingerprint density at radius 3 is 2.38 bits per heavy atom. The van der Waals surface area contributed by atoms with E-state index in [0.717, 1.165) is 37.7 Å². The molecule has 1 saturated carbocycles. The maximum Gasteiger partial charge on any atom is 0.338 e. The van der Waals surface area contributed by atoms with Crippen molar-refractivity contribution in [1.82, 2.24) is 10.2 Å². The van der Waals surface area contributed by atoms with Gasteiger partial charge in [0.2, 0.25) is 0 Å². The van der Waals surface area contributed by atoms with Crippen molar-refractivity contribution in [2.75, 3.05) is 5.32 Å². The smallest absolute Gasteiger partial charge is 0.338 e. The van der Waals surface area contributed by atoms with Gasteiger partial charge in [-0.05, 0) is 62.6 Å². The van der Waals surface area contributed by atoms with Gasteiger partial charge in [-0.3, -0.25) is 19.3 Å². The Bertz CT molecular complexity index is 1230. The predicted molar refractivity (Wildman–Crippen MR) is 140 cm³/mol. The standard InChI is InChI=1S/C28H30ClN3O5/c1-17(2)37-28(36)20-7-6-8-21(15-20)31-25(33)19-13-11-18(12-14-19)16-30-24-23(29)26(34)32(27(24)35)22-9-4-3-5-10-22/h6-8,11-15,17,22,30H,3-5,9-10,16H2,1-2H3,(H,31,33). The zero-order valence-electron chi connectivity index (χ0n) is 20.9. The van der Waals surface area contributed by atoms with Gasteiger partial charge in [0.05, 0.1) is 11.7 Å². The first-order valence-electron chi connectivity index (χ1n) is 12.5. The van der Waals surface area contributed by atoms with Crippen molar-refractivity contribution in [2.24, 2.45) is 0 Å². The molecule has 0 aromatic heterocycles. The number of esters is 1. The van der Waals surface area contributed by atoms with Crippen LogP contribution in [0.25, 0.3) is 0 Å². The second-order valence-corrected chi connectivity index (χ2v) is 9.88. The highest BCUT2D eigenvalue weighted by Crippen LogP contribution is 2.30. The number of imide groups is 1. The molecule has 0 saturated heterocycles. The monoisotopic (exact) mass is 523 g/mol. The Kier molecular flexibility index (Phi) is 8.28. The van der Waals surface area contributed by atoms with Crippen LogP contribution in [-0.2, 0) is 20.9 Å². The van der Waals surface area contributed by atoms with Crippen LogP contribution in [-0.4, -0.2) is 40.7 Å². The zero-order valence-corrected chi connectivity index (χ0v) is 21.6. The molecule has 3 amide bonds. The van der Waals surface area contributed by atoms with E-state index in [4.69, 9.17) is 16.3 Å². The third-order valence-electron chi connectivity index (χ3n) is 6.38. The van der Waals surface area contributed by atoms with Crippen LogP contribution in [0.1, 0.15) is 72.2 Å². The molecule has 2 aliphatic rings. The summed E-state index contributed by atoms with van der Waals surface area (Å²) in [5, 5.41) is 5.71. The van der Waals surface area contributed by atoms with E-state index in [-0.39, 0.29) is 41.2 Å². The first kappa shape index (κ1) is 26.4. The van der Waals surface area contributed by atoms with Crippen LogP contribution >= 0.6 is 11.6 Å². The quantitative estimate of drug-likeness (QED) is 0.382. The fourth-order valence-corrected chi connectivity index (χ4v) is 4.76. The van der Waals surface area contributed by atoms with Crippen molar-refractivity contribution in [3.8, 4) is 0 Å². The Morgan fingerprint density at radius 1 is 1.00 bits per heavy atom. The average molecular weight is 524 g/mol. The third kappa shape index (κ3) is 6.20. The summed E-state index contributed by atoms with van der Waals surface area (Å²) in [6, 6.07) is 13.3. The van der Waals surface area contributed by atoms with Crippen molar-refractivity contribution in [3.05, 3.63) is 76.0 Å². The van der Waals surface area contributed by atoms with Gasteiger partial charge in [0.15, 0.2) is 0 Å². The number of anilines is 1. The number of amides is 3. The van der Waals surface area contributed by atoms with Crippen LogP contribution in [0.2, 0.25) is 0 Å². The summed E-state index contributed by atoms with van der Waals surface area (Å²) in [4.78, 5) is 51.6. The molecule has 2 aromatic rings. The molecule has 0 unspecified atom stereocenters. The molecule has 0 atom stereocenters. The number of hydrogen-bond donors (Lipinski definition) is 2. The summed E-state index contributed by atoms with van der Waals surface area (Å²) >= 11 is 6.23. The van der Waals surface area contributed by atoms with Gasteiger partial charge in [0.1, 0.15) is 10.7 Å². The summed E-state index contributed by atoms with van der Waals surface area (Å²) in [5.74, 6) is -1.60. The van der Waals surface area contributed by atoms with Crippen molar-refractivity contribution in [3.63, 3.8) is 0 Å². The van der Waals surface area contributed by atoms with E-state index in [0.29, 0.717) is 16.8 Å². The molecule has 0 radical (unpaired) electrons. The van der Waals surface area contributed by atoms with Gasteiger partial charge in [0, 0.05) is 23.8 Å². The molecule has 1 heterocycles. The molecule has 1 aliphatic heterocycles. The van der Waals surface area contributed by atoms with Gasteiger partial charge in [-0.2, -0.15) is 0 Å². The van der Waals surface area contributed by atoms with Gasteiger partial charge in [-0.1, -0.05) is 49.1 Å². The van der Waals surface area contributed by atoms with Gasteiger partial charge in [0.25, 0.3) is 17.7 Å². The van der Waals surface area contributed by atoms with E-state index in [1.807, 2.05) is 0 Å². The lowest BCUT2D eigenvalue weighted by molar-refractivity contribution is -0.140. The van der Waals surface area contributed by atoms with Crippen molar-refractivity contribution >= 4 is 41.0 Å². The van der Waals surface area contributed by atoms with Crippen molar-refractivity contribution in [1.29, 1.82) is 0 Å². The SMILES string of the molecule is CC(C)OC(=O)c1cccc(NC(=O)c2ccc(CNC3=C(Cl)C(=O)N(C4CCCCC4)C3=O)cc2)c1. The molecule has 0 bridgehead atoms. The first-order valence-corrected chi connectivity index (χ1v) is 12.8. The van der Waals surface area contributed by atoms with Crippen LogP contribution < -0.4 is 10.6 Å². The predicted octanol–water partition coefficient (Wildman–Crippen LogP) is 4.75. The van der Waals surface area contributed by atoms with Crippen LogP contribution in [0, 0.1) is 0 Å². The third-order valence-corrected chi connectivity index (χ3v) is 6.73. The minimum absolute atomic E-state index is 0.0777. The topological polar surface area (TPSA) is 105 Å². The molecule has 37 heavy (non-hydrogen) atoms. The number of nitrogens with one attached hydrogen (secondary N) is 2. The van der Waals surface area contributed by atoms with E-state index in [2.05, 4.69) is 10.6 Å². The Balaban J connectivity index is 1.35. The maximum absolute atomic E-state index is 12.9. The molecule has 9 heteroatoms. The number of ether oxygens (including phenoxy) is 1. The van der Waals surface area contributed by atoms with E-state index in [1.165, 1.54) is 4.90 Å². The van der Waals surface area contributed by atoms with E-state index >= 15 is 0 Å². The number of carbonyl (C=O) groups is 4. The summed E-state index contributed by atoms with van der Waals surface area (Å²) < 4.78 is 5.20. The number of benzene rings is 2. The highest BCUT2D eigenvalue weighted by molar-refractivity contribution is 6.47. The Morgan fingerprint density at radius 2 is 1.70 bits per heavy atom. The van der Waals surface area contributed by atoms with E-state index in [9.17, 15) is 19.2 Å². The normalized spacial score (nSPS) is 16.4. The molecule has 4 rings (SSSR count). The molecule has 1 aliphatic carbocycles. The van der Waals surface area contributed by atoms with Crippen LogP contribution in [0.15, 0.2) is 59.3 Å². The van der Waals surface area contributed by atoms with Gasteiger partial charge >= 0.3 is 5.97 Å². The summed E-state index contributed by atoms with van der Waals surface area (Å²) in [6.45, 7) is 3.81. The van der Waals surface area contributed by atoms with Crippen LogP contribution in [0.5, 0.6) is 0 Å².